The monoisotopic (exact) mass is 396 g/mol. The molecule has 0 amide bonds. The maximum absolute atomic E-state index is 13.6. The van der Waals surface area contributed by atoms with Gasteiger partial charge in [-0.15, -0.1) is 0 Å². The van der Waals surface area contributed by atoms with Crippen LogP contribution in [0, 0.1) is 5.82 Å². The van der Waals surface area contributed by atoms with E-state index in [0.717, 1.165) is 62.9 Å². The Morgan fingerprint density at radius 3 is 2.69 bits per heavy atom. The van der Waals surface area contributed by atoms with E-state index in [2.05, 4.69) is 34.7 Å². The minimum Gasteiger partial charge on any atom is -0.378 e. The third kappa shape index (κ3) is 4.75. The average Bonchev–Trinajstić information content (AvgIpc) is 2.74. The zero-order valence-electron chi connectivity index (χ0n) is 17.3. The summed E-state index contributed by atoms with van der Waals surface area (Å²) >= 11 is 0. The van der Waals surface area contributed by atoms with Gasteiger partial charge >= 0.3 is 0 Å². The van der Waals surface area contributed by atoms with Gasteiger partial charge in [-0.05, 0) is 42.5 Å². The fourth-order valence-corrected chi connectivity index (χ4v) is 4.03. The molecular formula is C23H29FN4O. The molecule has 4 rings (SSSR count). The first-order valence-corrected chi connectivity index (χ1v) is 10.5. The number of anilines is 2. The van der Waals surface area contributed by atoms with Crippen LogP contribution in [-0.4, -0.2) is 50.1 Å². The lowest BCUT2D eigenvalue weighted by molar-refractivity contribution is 0.122. The fraction of sp³-hybridized carbons (Fsp3) is 0.478. The molecule has 0 unspecified atom stereocenters. The number of rotatable bonds is 4. The van der Waals surface area contributed by atoms with Gasteiger partial charge in [0, 0.05) is 49.0 Å². The molecule has 1 aromatic carbocycles. The van der Waals surface area contributed by atoms with Crippen LogP contribution >= 0.6 is 0 Å². The Bertz CT molecular complexity index is 877. The van der Waals surface area contributed by atoms with Crippen molar-refractivity contribution in [1.29, 1.82) is 0 Å². The number of morpholine rings is 1. The van der Waals surface area contributed by atoms with E-state index in [1.54, 1.807) is 12.1 Å². The van der Waals surface area contributed by atoms with Crippen molar-refractivity contribution in [2.45, 2.75) is 32.6 Å². The van der Waals surface area contributed by atoms with Gasteiger partial charge in [-0.3, -0.25) is 0 Å². The lowest BCUT2D eigenvalue weighted by Crippen LogP contribution is -2.37. The smallest absolute Gasteiger partial charge is 0.153 e. The molecule has 3 heterocycles. The summed E-state index contributed by atoms with van der Waals surface area (Å²) in [7, 11) is 0. The van der Waals surface area contributed by atoms with Gasteiger partial charge in [0.15, 0.2) is 5.82 Å². The molecule has 2 aliphatic heterocycles. The Kier molecular flexibility index (Phi) is 6.09. The second-order valence-corrected chi connectivity index (χ2v) is 8.04. The molecule has 2 fully saturated rings. The lowest BCUT2D eigenvalue weighted by Gasteiger charge is -2.32. The van der Waals surface area contributed by atoms with Crippen LogP contribution in [0.5, 0.6) is 0 Å². The van der Waals surface area contributed by atoms with E-state index in [4.69, 9.17) is 9.73 Å². The van der Waals surface area contributed by atoms with E-state index < -0.39 is 0 Å². The Labute approximate surface area is 172 Å². The van der Waals surface area contributed by atoms with Crippen LogP contribution < -0.4 is 9.80 Å². The summed E-state index contributed by atoms with van der Waals surface area (Å²) in [5.41, 5.74) is 4.48. The second kappa shape index (κ2) is 8.91. The number of aliphatic imine (C=N–C) groups is 1. The molecule has 0 atom stereocenters. The van der Waals surface area contributed by atoms with Crippen molar-refractivity contribution in [3.05, 3.63) is 47.9 Å². The van der Waals surface area contributed by atoms with Crippen molar-refractivity contribution in [3.8, 4) is 0 Å². The van der Waals surface area contributed by atoms with Gasteiger partial charge in [-0.2, -0.15) is 0 Å². The molecular weight excluding hydrogens is 367 g/mol. The number of pyridine rings is 1. The van der Waals surface area contributed by atoms with Crippen LogP contribution in [-0.2, 0) is 4.74 Å². The first-order chi connectivity index (χ1) is 14.1. The van der Waals surface area contributed by atoms with E-state index in [9.17, 15) is 4.39 Å². The van der Waals surface area contributed by atoms with Crippen LogP contribution in [0.4, 0.5) is 21.6 Å². The topological polar surface area (TPSA) is 41.0 Å². The molecule has 5 nitrogen and oxygen atoms in total. The minimum absolute atomic E-state index is 0.201. The summed E-state index contributed by atoms with van der Waals surface area (Å²) in [6.07, 6.45) is 3.93. The van der Waals surface area contributed by atoms with E-state index in [1.165, 1.54) is 17.3 Å². The van der Waals surface area contributed by atoms with Gasteiger partial charge in [0.25, 0.3) is 0 Å². The van der Waals surface area contributed by atoms with Crippen molar-refractivity contribution < 1.29 is 9.13 Å². The summed E-state index contributed by atoms with van der Waals surface area (Å²) in [5.74, 6) is 0.958. The molecule has 0 radical (unpaired) electrons. The maximum Gasteiger partial charge on any atom is 0.153 e. The van der Waals surface area contributed by atoms with Gasteiger partial charge in [-0.25, -0.2) is 14.4 Å². The fourth-order valence-electron chi connectivity index (χ4n) is 4.03. The van der Waals surface area contributed by atoms with E-state index in [1.807, 2.05) is 12.3 Å². The molecule has 6 heteroatoms. The lowest BCUT2D eigenvalue weighted by atomic mass is 10.0. The van der Waals surface area contributed by atoms with Crippen LogP contribution in [0.1, 0.15) is 38.2 Å². The molecule has 1 aromatic heterocycles. The summed E-state index contributed by atoms with van der Waals surface area (Å²) in [6.45, 7) is 9.33. The predicted octanol–water partition coefficient (Wildman–Crippen LogP) is 4.55. The minimum atomic E-state index is -0.201. The van der Waals surface area contributed by atoms with E-state index in [-0.39, 0.29) is 5.82 Å². The second-order valence-electron chi connectivity index (χ2n) is 8.04. The van der Waals surface area contributed by atoms with E-state index >= 15 is 0 Å². The molecule has 154 valence electrons. The standard InChI is InChI=1S/C23H29FN4O/c1-17(2)21-15-25-23(14-22(21)27-9-11-29-12-10-27)26-19-6-4-8-28(16-19)20-7-3-5-18(24)13-20/h3,5,7,13-15,17H,4,6,8-12,16H2,1-2H3. The van der Waals surface area contributed by atoms with Crippen molar-refractivity contribution in [3.63, 3.8) is 0 Å². The molecule has 0 N–H and O–H groups in total. The number of hydrogen-bond acceptors (Lipinski definition) is 5. The van der Waals surface area contributed by atoms with E-state index in [0.29, 0.717) is 12.5 Å². The highest BCUT2D eigenvalue weighted by molar-refractivity contribution is 5.91. The molecule has 2 aliphatic rings. The quantitative estimate of drug-likeness (QED) is 0.760. The highest BCUT2D eigenvalue weighted by Crippen LogP contribution is 2.31. The molecule has 0 saturated carbocycles. The number of benzene rings is 1. The summed E-state index contributed by atoms with van der Waals surface area (Å²) in [4.78, 5) is 14.1. The highest BCUT2D eigenvalue weighted by atomic mass is 19.1. The Morgan fingerprint density at radius 2 is 1.93 bits per heavy atom. The first kappa shape index (κ1) is 19.8. The molecule has 2 aromatic rings. The van der Waals surface area contributed by atoms with Crippen molar-refractivity contribution in [2.75, 3.05) is 49.2 Å². The number of aromatic nitrogens is 1. The molecule has 29 heavy (non-hydrogen) atoms. The summed E-state index contributed by atoms with van der Waals surface area (Å²) < 4.78 is 19.1. The van der Waals surface area contributed by atoms with Crippen molar-refractivity contribution >= 4 is 22.9 Å². The average molecular weight is 397 g/mol. The Balaban J connectivity index is 1.58. The van der Waals surface area contributed by atoms with Crippen molar-refractivity contribution in [2.24, 2.45) is 4.99 Å². The van der Waals surface area contributed by atoms with Crippen LogP contribution in [0.25, 0.3) is 0 Å². The zero-order valence-corrected chi connectivity index (χ0v) is 17.3. The third-order valence-electron chi connectivity index (χ3n) is 5.58. The maximum atomic E-state index is 13.6. The number of ether oxygens (including phenoxy) is 1. The molecule has 0 bridgehead atoms. The summed E-state index contributed by atoms with van der Waals surface area (Å²) in [5, 5.41) is 0. The normalized spacial score (nSPS) is 19.2. The SMILES string of the molecule is CC(C)c1cnc(N=C2CCCN(c3cccc(F)c3)C2)cc1N1CCOCC1. The molecule has 0 spiro atoms. The highest BCUT2D eigenvalue weighted by Gasteiger charge is 2.19. The van der Waals surface area contributed by atoms with Gasteiger partial charge in [0.1, 0.15) is 5.82 Å². The zero-order chi connectivity index (χ0) is 20.2. The van der Waals surface area contributed by atoms with Crippen molar-refractivity contribution in [1.82, 2.24) is 4.98 Å². The van der Waals surface area contributed by atoms with Crippen LogP contribution in [0.2, 0.25) is 0 Å². The van der Waals surface area contributed by atoms with Gasteiger partial charge in [0.05, 0.1) is 19.8 Å². The summed E-state index contributed by atoms with van der Waals surface area (Å²) in [6, 6.07) is 8.91. The first-order valence-electron chi connectivity index (χ1n) is 10.5. The van der Waals surface area contributed by atoms with Gasteiger partial charge in [-0.1, -0.05) is 19.9 Å². The van der Waals surface area contributed by atoms with Crippen LogP contribution in [0.15, 0.2) is 41.5 Å². The predicted molar refractivity (Wildman–Crippen MR) is 116 cm³/mol. The number of hydrogen-bond donors (Lipinski definition) is 0. The number of halogens is 1. The van der Waals surface area contributed by atoms with Gasteiger partial charge < -0.3 is 14.5 Å². The number of piperidine rings is 1. The Hall–Kier alpha value is -2.47. The largest absolute Gasteiger partial charge is 0.378 e. The number of nitrogens with zero attached hydrogens (tertiary/aromatic N) is 4. The molecule has 2 saturated heterocycles. The van der Waals surface area contributed by atoms with Crippen LogP contribution in [0.3, 0.4) is 0 Å². The Morgan fingerprint density at radius 1 is 1.10 bits per heavy atom. The third-order valence-corrected chi connectivity index (χ3v) is 5.58. The molecule has 0 aliphatic carbocycles. The van der Waals surface area contributed by atoms with Gasteiger partial charge in [0.2, 0.25) is 0 Å².